The van der Waals surface area contributed by atoms with Crippen LogP contribution in [0.5, 0.6) is 0 Å². The maximum absolute atomic E-state index is 12.8. The Hall–Kier alpha value is -1.44. The standard InChI is InChI=1S/C17H28N2O4S/c1-6-7-8-12-19(14(2)3)17(20)15-10-9-11-16(13-15)24(21,22)18(4)23-5/h9-11,13-14H,6-8,12H2,1-5H3. The van der Waals surface area contributed by atoms with Gasteiger partial charge in [0.25, 0.3) is 15.9 Å². The van der Waals surface area contributed by atoms with Crippen LogP contribution in [0.2, 0.25) is 0 Å². The highest BCUT2D eigenvalue weighted by atomic mass is 32.2. The summed E-state index contributed by atoms with van der Waals surface area (Å²) >= 11 is 0. The van der Waals surface area contributed by atoms with Gasteiger partial charge in [0.05, 0.1) is 12.0 Å². The first-order valence-electron chi connectivity index (χ1n) is 8.19. The van der Waals surface area contributed by atoms with E-state index in [1.54, 1.807) is 17.0 Å². The van der Waals surface area contributed by atoms with Crippen molar-refractivity contribution in [1.29, 1.82) is 0 Å². The summed E-state index contributed by atoms with van der Waals surface area (Å²) in [5, 5.41) is 0. The number of hydroxylamine groups is 1. The van der Waals surface area contributed by atoms with Crippen LogP contribution in [-0.2, 0) is 14.9 Å². The molecule has 0 heterocycles. The van der Waals surface area contributed by atoms with Crippen molar-refractivity contribution in [2.75, 3.05) is 20.7 Å². The smallest absolute Gasteiger partial charge is 0.264 e. The maximum Gasteiger partial charge on any atom is 0.264 e. The molecule has 1 rings (SSSR count). The summed E-state index contributed by atoms with van der Waals surface area (Å²) in [7, 11) is -1.18. The largest absolute Gasteiger partial charge is 0.336 e. The van der Waals surface area contributed by atoms with Gasteiger partial charge in [0.1, 0.15) is 0 Å². The second kappa shape index (κ2) is 9.15. The highest BCUT2D eigenvalue weighted by Gasteiger charge is 2.24. The molecule has 0 aliphatic heterocycles. The summed E-state index contributed by atoms with van der Waals surface area (Å²) < 4.78 is 25.4. The number of unbranched alkanes of at least 4 members (excludes halogenated alkanes) is 2. The monoisotopic (exact) mass is 356 g/mol. The Bertz CT molecular complexity index is 644. The topological polar surface area (TPSA) is 66.9 Å². The van der Waals surface area contributed by atoms with E-state index in [4.69, 9.17) is 4.84 Å². The molecule has 0 aromatic heterocycles. The number of rotatable bonds is 9. The van der Waals surface area contributed by atoms with E-state index < -0.39 is 10.0 Å². The fourth-order valence-corrected chi connectivity index (χ4v) is 3.35. The van der Waals surface area contributed by atoms with Crippen LogP contribution in [0.3, 0.4) is 0 Å². The lowest BCUT2D eigenvalue weighted by molar-refractivity contribution is -0.0258. The minimum atomic E-state index is -3.77. The quantitative estimate of drug-likeness (QED) is 0.504. The fourth-order valence-electron chi connectivity index (χ4n) is 2.33. The van der Waals surface area contributed by atoms with Crippen LogP contribution >= 0.6 is 0 Å². The number of hydrogen-bond acceptors (Lipinski definition) is 4. The maximum atomic E-state index is 12.8. The first-order valence-corrected chi connectivity index (χ1v) is 9.63. The van der Waals surface area contributed by atoms with E-state index in [0.717, 1.165) is 23.7 Å². The Balaban J connectivity index is 3.08. The summed E-state index contributed by atoms with van der Waals surface area (Å²) in [6.07, 6.45) is 3.07. The second-order valence-electron chi connectivity index (χ2n) is 5.92. The van der Waals surface area contributed by atoms with Gasteiger partial charge in [-0.2, -0.15) is 0 Å². The number of amides is 1. The van der Waals surface area contributed by atoms with Gasteiger partial charge >= 0.3 is 0 Å². The Morgan fingerprint density at radius 1 is 1.25 bits per heavy atom. The van der Waals surface area contributed by atoms with E-state index >= 15 is 0 Å². The molecule has 1 aromatic carbocycles. The Morgan fingerprint density at radius 3 is 2.46 bits per heavy atom. The molecule has 7 heteroatoms. The van der Waals surface area contributed by atoms with Crippen LogP contribution in [0.15, 0.2) is 29.2 Å². The van der Waals surface area contributed by atoms with Gasteiger partial charge in [-0.25, -0.2) is 8.42 Å². The molecule has 136 valence electrons. The molecule has 0 aliphatic rings. The van der Waals surface area contributed by atoms with Crippen molar-refractivity contribution in [3.05, 3.63) is 29.8 Å². The number of sulfonamides is 1. The first-order chi connectivity index (χ1) is 11.3. The summed E-state index contributed by atoms with van der Waals surface area (Å²) in [5.74, 6) is -0.154. The average molecular weight is 356 g/mol. The number of nitrogens with zero attached hydrogens (tertiary/aromatic N) is 2. The van der Waals surface area contributed by atoms with Crippen LogP contribution in [0.25, 0.3) is 0 Å². The van der Waals surface area contributed by atoms with Gasteiger partial charge in [-0.15, -0.1) is 0 Å². The van der Waals surface area contributed by atoms with E-state index in [2.05, 4.69) is 6.92 Å². The molecule has 0 saturated carbocycles. The molecular formula is C17H28N2O4S. The van der Waals surface area contributed by atoms with Gasteiger partial charge in [0, 0.05) is 25.2 Å². The zero-order valence-corrected chi connectivity index (χ0v) is 16.0. The molecule has 0 fully saturated rings. The summed E-state index contributed by atoms with van der Waals surface area (Å²) in [6, 6.07) is 6.13. The highest BCUT2D eigenvalue weighted by molar-refractivity contribution is 7.89. The van der Waals surface area contributed by atoms with Crippen molar-refractivity contribution in [3.63, 3.8) is 0 Å². The molecule has 0 aliphatic carbocycles. The normalized spacial score (nSPS) is 12.0. The third-order valence-electron chi connectivity index (χ3n) is 3.86. The number of carbonyl (C=O) groups is 1. The first kappa shape index (κ1) is 20.6. The predicted octanol–water partition coefficient (Wildman–Crippen LogP) is 2.91. The second-order valence-corrected chi connectivity index (χ2v) is 7.86. The van der Waals surface area contributed by atoms with Crippen molar-refractivity contribution in [2.24, 2.45) is 0 Å². The molecule has 0 N–H and O–H groups in total. The van der Waals surface area contributed by atoms with E-state index in [-0.39, 0.29) is 16.8 Å². The minimum Gasteiger partial charge on any atom is -0.336 e. The van der Waals surface area contributed by atoms with Crippen LogP contribution in [0.1, 0.15) is 50.4 Å². The highest BCUT2D eigenvalue weighted by Crippen LogP contribution is 2.18. The van der Waals surface area contributed by atoms with Gasteiger partial charge in [-0.3, -0.25) is 9.63 Å². The van der Waals surface area contributed by atoms with Gasteiger partial charge in [-0.05, 0) is 38.5 Å². The molecule has 1 aromatic rings. The fraction of sp³-hybridized carbons (Fsp3) is 0.588. The molecule has 6 nitrogen and oxygen atoms in total. The molecule has 0 atom stereocenters. The minimum absolute atomic E-state index is 0.0370. The Morgan fingerprint density at radius 2 is 1.92 bits per heavy atom. The van der Waals surface area contributed by atoms with Crippen molar-refractivity contribution in [2.45, 2.75) is 51.0 Å². The van der Waals surface area contributed by atoms with E-state index in [1.807, 2.05) is 13.8 Å². The molecule has 24 heavy (non-hydrogen) atoms. The average Bonchev–Trinajstić information content (AvgIpc) is 2.57. The zero-order valence-electron chi connectivity index (χ0n) is 15.2. The lowest BCUT2D eigenvalue weighted by Gasteiger charge is -2.27. The van der Waals surface area contributed by atoms with Crippen molar-refractivity contribution in [3.8, 4) is 0 Å². The Labute approximate surface area is 145 Å². The summed E-state index contributed by atoms with van der Waals surface area (Å²) in [5.41, 5.74) is 0.366. The van der Waals surface area contributed by atoms with E-state index in [9.17, 15) is 13.2 Å². The van der Waals surface area contributed by atoms with Gasteiger partial charge in [0.15, 0.2) is 0 Å². The van der Waals surface area contributed by atoms with Crippen molar-refractivity contribution in [1.82, 2.24) is 9.37 Å². The zero-order chi connectivity index (χ0) is 18.3. The summed E-state index contributed by atoms with van der Waals surface area (Å²) in [6.45, 7) is 6.70. The third-order valence-corrected chi connectivity index (χ3v) is 5.54. The van der Waals surface area contributed by atoms with Crippen LogP contribution in [0.4, 0.5) is 0 Å². The molecular weight excluding hydrogens is 328 g/mol. The lowest BCUT2D eigenvalue weighted by Crippen LogP contribution is -2.37. The van der Waals surface area contributed by atoms with Gasteiger partial charge in [0.2, 0.25) is 0 Å². The predicted molar refractivity (Wildman–Crippen MR) is 94.1 cm³/mol. The summed E-state index contributed by atoms with van der Waals surface area (Å²) in [4.78, 5) is 19.4. The number of benzene rings is 1. The van der Waals surface area contributed by atoms with E-state index in [0.29, 0.717) is 12.1 Å². The molecule has 0 unspecified atom stereocenters. The molecule has 1 amide bonds. The number of hydrogen-bond donors (Lipinski definition) is 0. The molecule has 0 bridgehead atoms. The molecule has 0 saturated heterocycles. The van der Waals surface area contributed by atoms with Gasteiger partial charge in [-0.1, -0.05) is 30.3 Å². The van der Waals surface area contributed by atoms with Crippen LogP contribution in [0, 0.1) is 0 Å². The third kappa shape index (κ3) is 5.03. The van der Waals surface area contributed by atoms with E-state index in [1.165, 1.54) is 26.3 Å². The van der Waals surface area contributed by atoms with Crippen LogP contribution in [-0.4, -0.2) is 50.4 Å². The van der Waals surface area contributed by atoms with Crippen molar-refractivity contribution < 1.29 is 18.0 Å². The SMILES string of the molecule is CCCCCN(C(=O)c1cccc(S(=O)(=O)N(C)OC)c1)C(C)C. The lowest BCUT2D eigenvalue weighted by atomic mass is 10.1. The van der Waals surface area contributed by atoms with Crippen molar-refractivity contribution >= 4 is 15.9 Å². The van der Waals surface area contributed by atoms with Crippen LogP contribution < -0.4 is 0 Å². The molecule has 0 radical (unpaired) electrons. The Kier molecular flexibility index (Phi) is 7.86. The van der Waals surface area contributed by atoms with Gasteiger partial charge < -0.3 is 4.90 Å². The number of carbonyl (C=O) groups excluding carboxylic acids is 1. The molecule has 0 spiro atoms.